The van der Waals surface area contributed by atoms with E-state index in [4.69, 9.17) is 44.3 Å². The lowest BCUT2D eigenvalue weighted by Gasteiger charge is -2.09. The minimum Gasteiger partial charge on any atom is -0.488 e. The van der Waals surface area contributed by atoms with E-state index in [2.05, 4.69) is 0 Å². The van der Waals surface area contributed by atoms with Crippen LogP contribution < -0.4 is 4.74 Å². The number of alkyl halides is 1. The molecule has 84 valence electrons. The van der Waals surface area contributed by atoms with Crippen molar-refractivity contribution in [1.82, 2.24) is 0 Å². The number of para-hydroxylation sites is 1. The molecule has 1 aromatic carbocycles. The van der Waals surface area contributed by atoms with Crippen LogP contribution in [-0.4, -0.2) is 25.7 Å². The monoisotopic (exact) mass is 268 g/mol. The van der Waals surface area contributed by atoms with Crippen molar-refractivity contribution in [2.24, 2.45) is 0 Å². The average Bonchev–Trinajstić information content (AvgIpc) is 2.21. The number of rotatable bonds is 6. The van der Waals surface area contributed by atoms with Gasteiger partial charge in [-0.05, 0) is 12.1 Å². The van der Waals surface area contributed by atoms with Crippen LogP contribution in [0, 0.1) is 0 Å². The third kappa shape index (κ3) is 4.47. The minimum atomic E-state index is 0.403. The average molecular weight is 270 g/mol. The van der Waals surface area contributed by atoms with Crippen LogP contribution in [0.5, 0.6) is 5.75 Å². The number of benzene rings is 1. The summed E-state index contributed by atoms with van der Waals surface area (Å²) in [4.78, 5) is 0. The van der Waals surface area contributed by atoms with Crippen molar-refractivity contribution in [2.45, 2.75) is 0 Å². The Morgan fingerprint density at radius 3 is 2.27 bits per heavy atom. The van der Waals surface area contributed by atoms with Gasteiger partial charge >= 0.3 is 0 Å². The third-order valence-corrected chi connectivity index (χ3v) is 2.36. The fourth-order valence-corrected chi connectivity index (χ4v) is 1.60. The quantitative estimate of drug-likeness (QED) is 0.580. The summed E-state index contributed by atoms with van der Waals surface area (Å²) >= 11 is 17.2. The largest absolute Gasteiger partial charge is 0.488 e. The first-order chi connectivity index (χ1) is 7.25. The second kappa shape index (κ2) is 7.18. The van der Waals surface area contributed by atoms with Crippen molar-refractivity contribution < 1.29 is 9.47 Å². The third-order valence-electron chi connectivity index (χ3n) is 1.61. The highest BCUT2D eigenvalue weighted by Gasteiger charge is 2.05. The summed E-state index contributed by atoms with van der Waals surface area (Å²) in [5.74, 6) is 0.975. The normalized spacial score (nSPS) is 10.3. The van der Waals surface area contributed by atoms with Crippen LogP contribution >= 0.6 is 34.8 Å². The number of hydrogen-bond donors (Lipinski definition) is 0. The molecular weight excluding hydrogens is 258 g/mol. The van der Waals surface area contributed by atoms with Gasteiger partial charge in [-0.2, -0.15) is 0 Å². The van der Waals surface area contributed by atoms with Crippen molar-refractivity contribution in [3.63, 3.8) is 0 Å². The van der Waals surface area contributed by atoms with Gasteiger partial charge in [0.05, 0.1) is 23.3 Å². The van der Waals surface area contributed by atoms with Crippen LogP contribution in [0.4, 0.5) is 0 Å². The van der Waals surface area contributed by atoms with Crippen molar-refractivity contribution >= 4 is 34.8 Å². The first-order valence-corrected chi connectivity index (χ1v) is 5.75. The van der Waals surface area contributed by atoms with Gasteiger partial charge in [0.2, 0.25) is 0 Å². The molecule has 0 aliphatic heterocycles. The molecule has 0 aromatic heterocycles. The summed E-state index contributed by atoms with van der Waals surface area (Å²) in [7, 11) is 0. The molecule has 0 aliphatic carbocycles. The highest BCUT2D eigenvalue weighted by molar-refractivity contribution is 6.37. The van der Waals surface area contributed by atoms with Gasteiger partial charge in [-0.25, -0.2) is 0 Å². The van der Waals surface area contributed by atoms with Crippen molar-refractivity contribution in [1.29, 1.82) is 0 Å². The summed E-state index contributed by atoms with van der Waals surface area (Å²) in [6, 6.07) is 5.21. The molecule has 0 bridgehead atoms. The molecule has 0 unspecified atom stereocenters. The number of halogens is 3. The molecule has 0 fully saturated rings. The second-order valence-electron chi connectivity index (χ2n) is 2.70. The number of hydrogen-bond acceptors (Lipinski definition) is 2. The van der Waals surface area contributed by atoms with Gasteiger partial charge in [0.1, 0.15) is 6.61 Å². The molecule has 0 saturated heterocycles. The van der Waals surface area contributed by atoms with E-state index in [1.54, 1.807) is 18.2 Å². The smallest absolute Gasteiger partial charge is 0.156 e. The lowest BCUT2D eigenvalue weighted by molar-refractivity contribution is 0.111. The molecule has 2 nitrogen and oxygen atoms in total. The second-order valence-corrected chi connectivity index (χ2v) is 3.89. The van der Waals surface area contributed by atoms with Gasteiger partial charge < -0.3 is 9.47 Å². The van der Waals surface area contributed by atoms with E-state index in [0.717, 1.165) is 0 Å². The summed E-state index contributed by atoms with van der Waals surface area (Å²) in [5.41, 5.74) is 0. The highest BCUT2D eigenvalue weighted by Crippen LogP contribution is 2.32. The summed E-state index contributed by atoms with van der Waals surface area (Å²) < 4.78 is 10.5. The maximum absolute atomic E-state index is 5.90. The standard InChI is InChI=1S/C10H11Cl3O2/c11-4-5-14-6-7-15-10-8(12)2-1-3-9(10)13/h1-3H,4-7H2. The van der Waals surface area contributed by atoms with Crippen LogP contribution in [0.15, 0.2) is 18.2 Å². The first kappa shape index (κ1) is 12.9. The Morgan fingerprint density at radius 2 is 1.67 bits per heavy atom. The van der Waals surface area contributed by atoms with Crippen LogP contribution in [0.2, 0.25) is 10.0 Å². The van der Waals surface area contributed by atoms with Crippen LogP contribution in [0.1, 0.15) is 0 Å². The van der Waals surface area contributed by atoms with Gasteiger partial charge in [0.25, 0.3) is 0 Å². The lowest BCUT2D eigenvalue weighted by atomic mass is 10.3. The van der Waals surface area contributed by atoms with Gasteiger partial charge in [-0.3, -0.25) is 0 Å². The summed E-state index contributed by atoms with van der Waals surface area (Å²) in [6.07, 6.45) is 0. The summed E-state index contributed by atoms with van der Waals surface area (Å²) in [5, 5.41) is 1.000. The maximum Gasteiger partial charge on any atom is 0.156 e. The fraction of sp³-hybridized carbons (Fsp3) is 0.400. The molecule has 0 saturated carbocycles. The Morgan fingerprint density at radius 1 is 1.00 bits per heavy atom. The predicted molar refractivity (Wildman–Crippen MR) is 63.5 cm³/mol. The molecule has 0 atom stereocenters. The van der Waals surface area contributed by atoms with Crippen molar-refractivity contribution in [2.75, 3.05) is 25.7 Å². The maximum atomic E-state index is 5.90. The summed E-state index contributed by atoms with van der Waals surface area (Å²) in [6.45, 7) is 1.38. The van der Waals surface area contributed by atoms with E-state index in [1.165, 1.54) is 0 Å². The molecule has 0 aliphatic rings. The Labute approximate surface area is 104 Å². The van der Waals surface area contributed by atoms with Crippen molar-refractivity contribution in [3.8, 4) is 5.75 Å². The van der Waals surface area contributed by atoms with E-state index in [1.807, 2.05) is 0 Å². The van der Waals surface area contributed by atoms with Gasteiger partial charge in [-0.15, -0.1) is 11.6 Å². The molecule has 0 amide bonds. The fourth-order valence-electron chi connectivity index (χ4n) is 0.980. The topological polar surface area (TPSA) is 18.5 Å². The molecule has 0 N–H and O–H groups in total. The molecule has 1 rings (SSSR count). The number of ether oxygens (including phenoxy) is 2. The predicted octanol–water partition coefficient (Wildman–Crippen LogP) is 3.63. The van der Waals surface area contributed by atoms with Crippen LogP contribution in [0.25, 0.3) is 0 Å². The zero-order valence-corrected chi connectivity index (χ0v) is 10.3. The van der Waals surface area contributed by atoms with Gasteiger partial charge in [0, 0.05) is 5.88 Å². The van der Waals surface area contributed by atoms with Crippen LogP contribution in [-0.2, 0) is 4.74 Å². The molecule has 15 heavy (non-hydrogen) atoms. The van der Waals surface area contributed by atoms with Gasteiger partial charge in [0.15, 0.2) is 5.75 Å². The van der Waals surface area contributed by atoms with E-state index in [0.29, 0.717) is 41.5 Å². The highest BCUT2D eigenvalue weighted by atomic mass is 35.5. The Hall–Kier alpha value is -0.150. The molecule has 0 heterocycles. The SMILES string of the molecule is ClCCOCCOc1c(Cl)cccc1Cl. The minimum absolute atomic E-state index is 0.403. The van der Waals surface area contributed by atoms with Crippen molar-refractivity contribution in [3.05, 3.63) is 28.2 Å². The molecule has 0 radical (unpaired) electrons. The molecule has 5 heteroatoms. The Bertz CT molecular complexity index is 284. The zero-order valence-electron chi connectivity index (χ0n) is 8.01. The van der Waals surface area contributed by atoms with E-state index >= 15 is 0 Å². The zero-order chi connectivity index (χ0) is 11.1. The Balaban J connectivity index is 2.37. The van der Waals surface area contributed by atoms with Crippen LogP contribution in [0.3, 0.4) is 0 Å². The molecule has 1 aromatic rings. The van der Waals surface area contributed by atoms with E-state index in [9.17, 15) is 0 Å². The molecule has 0 spiro atoms. The lowest BCUT2D eigenvalue weighted by Crippen LogP contribution is -2.08. The van der Waals surface area contributed by atoms with E-state index < -0.39 is 0 Å². The van der Waals surface area contributed by atoms with Gasteiger partial charge in [-0.1, -0.05) is 29.3 Å². The molecular formula is C10H11Cl3O2. The first-order valence-electron chi connectivity index (χ1n) is 4.46. The van der Waals surface area contributed by atoms with E-state index in [-0.39, 0.29) is 0 Å². The Kier molecular flexibility index (Phi) is 6.18.